The maximum Gasteiger partial charge on any atom is 0.362 e. The largest absolute Gasteiger partial charge is 0.466 e. The van der Waals surface area contributed by atoms with Crippen LogP contribution >= 0.6 is 0 Å². The molecule has 0 atom stereocenters. The van der Waals surface area contributed by atoms with E-state index in [1.54, 1.807) is 0 Å². The van der Waals surface area contributed by atoms with Crippen molar-refractivity contribution in [2.45, 2.75) is 38.0 Å². The van der Waals surface area contributed by atoms with Gasteiger partial charge in [-0.3, -0.25) is 0 Å². The van der Waals surface area contributed by atoms with Crippen LogP contribution in [0.2, 0.25) is 0 Å². The lowest BCUT2D eigenvalue weighted by Crippen LogP contribution is -2.43. The van der Waals surface area contributed by atoms with Crippen LogP contribution in [0.4, 0.5) is 10.2 Å². The third kappa shape index (κ3) is 4.47. The van der Waals surface area contributed by atoms with Crippen molar-refractivity contribution in [1.29, 1.82) is 0 Å². The Morgan fingerprint density at radius 2 is 1.59 bits per heavy atom. The minimum Gasteiger partial charge on any atom is -0.466 e. The number of benzene rings is 1. The van der Waals surface area contributed by atoms with Crippen molar-refractivity contribution in [3.63, 3.8) is 0 Å². The highest BCUT2D eigenvalue weighted by molar-refractivity contribution is 6.04. The van der Waals surface area contributed by atoms with Crippen molar-refractivity contribution in [3.05, 3.63) is 59.3 Å². The normalized spacial score (nSPS) is 16.6. The Morgan fingerprint density at radius 1 is 0.971 bits per heavy atom. The molecule has 0 bridgehead atoms. The molecule has 0 radical (unpaired) electrons. The number of alkyl halides is 1. The molecular formula is C25H27FN2O6. The number of methoxy groups -OCH3 is 2. The minimum atomic E-state index is -3.27. The van der Waals surface area contributed by atoms with Crippen LogP contribution in [0.15, 0.2) is 42.5 Å². The summed E-state index contributed by atoms with van der Waals surface area (Å²) < 4.78 is 30.3. The van der Waals surface area contributed by atoms with Gasteiger partial charge in [0.2, 0.25) is 0 Å². The van der Waals surface area contributed by atoms with Gasteiger partial charge in [-0.15, -0.1) is 0 Å². The Balaban J connectivity index is 1.68. The molecule has 4 rings (SSSR count). The monoisotopic (exact) mass is 470 g/mol. The molecule has 0 unspecified atom stereocenters. The molecule has 2 fully saturated rings. The van der Waals surface area contributed by atoms with Crippen LogP contribution in [0.25, 0.3) is 0 Å². The van der Waals surface area contributed by atoms with Crippen molar-refractivity contribution in [1.82, 2.24) is 4.98 Å². The Morgan fingerprint density at radius 3 is 2.15 bits per heavy atom. The Kier molecular flexibility index (Phi) is 6.54. The van der Waals surface area contributed by atoms with Gasteiger partial charge in [-0.2, -0.15) is 0 Å². The van der Waals surface area contributed by atoms with Gasteiger partial charge >= 0.3 is 23.6 Å². The second-order valence-electron chi connectivity index (χ2n) is 8.76. The van der Waals surface area contributed by atoms with Crippen molar-refractivity contribution in [2.24, 2.45) is 5.41 Å². The van der Waals surface area contributed by atoms with E-state index in [2.05, 4.69) is 14.5 Å². The highest BCUT2D eigenvalue weighted by Gasteiger charge is 2.53. The number of carbonyl (C=O) groups is 3. The zero-order valence-electron chi connectivity index (χ0n) is 19.2. The van der Waals surface area contributed by atoms with Gasteiger partial charge in [-0.25, -0.2) is 23.8 Å². The number of esters is 3. The molecular weight excluding hydrogens is 443 g/mol. The molecule has 0 N–H and O–H groups in total. The fourth-order valence-electron chi connectivity index (χ4n) is 4.28. The molecule has 1 aromatic heterocycles. The molecule has 2 heterocycles. The van der Waals surface area contributed by atoms with E-state index < -0.39 is 29.3 Å². The van der Waals surface area contributed by atoms with E-state index in [4.69, 9.17) is 4.74 Å². The first-order valence-corrected chi connectivity index (χ1v) is 11.2. The highest BCUT2D eigenvalue weighted by Crippen LogP contribution is 2.54. The molecule has 1 aliphatic carbocycles. The fraction of sp³-hybridized carbons (Fsp3) is 0.440. The first-order chi connectivity index (χ1) is 16.3. The van der Waals surface area contributed by atoms with Gasteiger partial charge in [0.1, 0.15) is 23.7 Å². The number of aromatic nitrogens is 1. The molecule has 1 saturated heterocycles. The van der Waals surface area contributed by atoms with Crippen LogP contribution in [0.5, 0.6) is 0 Å². The second-order valence-corrected chi connectivity index (χ2v) is 8.76. The van der Waals surface area contributed by atoms with Gasteiger partial charge in [-0.1, -0.05) is 30.3 Å². The minimum absolute atomic E-state index is 0.0569. The highest BCUT2D eigenvalue weighted by atomic mass is 19.1. The average molecular weight is 470 g/mol. The van der Waals surface area contributed by atoms with Crippen molar-refractivity contribution in [2.75, 3.05) is 32.2 Å². The molecule has 8 nitrogen and oxygen atoms in total. The molecule has 1 aromatic carbocycles. The van der Waals surface area contributed by atoms with E-state index in [1.165, 1.54) is 18.9 Å². The van der Waals surface area contributed by atoms with Crippen molar-refractivity contribution < 1.29 is 33.0 Å². The lowest BCUT2D eigenvalue weighted by Gasteiger charge is -2.34. The number of piperidine rings is 1. The number of halogens is 1. The maximum atomic E-state index is 15.7. The summed E-state index contributed by atoms with van der Waals surface area (Å²) in [5.41, 5.74) is -2.48. The topological polar surface area (TPSA) is 95.0 Å². The summed E-state index contributed by atoms with van der Waals surface area (Å²) in [5.74, 6) is -3.37. The Bertz CT molecular complexity index is 1060. The zero-order chi connectivity index (χ0) is 24.3. The van der Waals surface area contributed by atoms with Crippen molar-refractivity contribution >= 4 is 23.7 Å². The third-order valence-corrected chi connectivity index (χ3v) is 6.67. The van der Waals surface area contributed by atoms with Crippen LogP contribution < -0.4 is 4.90 Å². The lowest BCUT2D eigenvalue weighted by atomic mass is 9.93. The van der Waals surface area contributed by atoms with E-state index in [9.17, 15) is 14.4 Å². The molecule has 2 aromatic rings. The number of hydrogen-bond donors (Lipinski definition) is 0. The summed E-state index contributed by atoms with van der Waals surface area (Å²) in [4.78, 5) is 43.7. The molecule has 34 heavy (non-hydrogen) atoms. The number of rotatable bonds is 7. The number of anilines is 1. The number of hydrogen-bond acceptors (Lipinski definition) is 8. The molecule has 180 valence electrons. The van der Waals surface area contributed by atoms with E-state index in [0.29, 0.717) is 18.5 Å². The first kappa shape index (κ1) is 23.7. The fourth-order valence-corrected chi connectivity index (χ4v) is 4.28. The van der Waals surface area contributed by atoms with Crippen LogP contribution in [-0.4, -0.2) is 50.2 Å². The van der Waals surface area contributed by atoms with Gasteiger partial charge in [0.25, 0.3) is 0 Å². The van der Waals surface area contributed by atoms with Gasteiger partial charge in [0.05, 0.1) is 14.2 Å². The molecule has 1 spiro atoms. The SMILES string of the molecule is COC(=O)C(F)(C(=O)OC)c1ccc(C(=O)OCc2ccccc2)c(N2CCC3(CC2)CC3)n1. The predicted octanol–water partition coefficient (Wildman–Crippen LogP) is 3.33. The van der Waals surface area contributed by atoms with E-state index >= 15 is 4.39 Å². The zero-order valence-corrected chi connectivity index (χ0v) is 19.2. The smallest absolute Gasteiger partial charge is 0.362 e. The maximum absolute atomic E-state index is 15.7. The van der Waals surface area contributed by atoms with Gasteiger partial charge in [0.15, 0.2) is 0 Å². The van der Waals surface area contributed by atoms with E-state index in [-0.39, 0.29) is 18.0 Å². The van der Waals surface area contributed by atoms with Gasteiger partial charge < -0.3 is 19.1 Å². The van der Waals surface area contributed by atoms with E-state index in [0.717, 1.165) is 38.7 Å². The summed E-state index contributed by atoms with van der Waals surface area (Å²) >= 11 is 0. The molecule has 0 amide bonds. The summed E-state index contributed by atoms with van der Waals surface area (Å²) in [6, 6.07) is 11.6. The first-order valence-electron chi connectivity index (χ1n) is 11.2. The summed E-state index contributed by atoms with van der Waals surface area (Å²) in [7, 11) is 1.94. The lowest BCUT2D eigenvalue weighted by molar-refractivity contribution is -0.172. The third-order valence-electron chi connectivity index (χ3n) is 6.67. The van der Waals surface area contributed by atoms with Crippen LogP contribution in [0.1, 0.15) is 47.3 Å². The number of nitrogens with zero attached hydrogens (tertiary/aromatic N) is 2. The predicted molar refractivity (Wildman–Crippen MR) is 120 cm³/mol. The standard InChI is InChI=1S/C25H27FN2O6/c1-32-22(30)25(26,23(31)33-2)19-9-8-18(21(29)34-16-17-6-4-3-5-7-17)20(27-19)28-14-12-24(10-11-24)13-15-28/h3-9H,10-16H2,1-2H3. The number of pyridine rings is 1. The summed E-state index contributed by atoms with van der Waals surface area (Å²) in [6.07, 6.45) is 4.20. The molecule has 1 aliphatic heterocycles. The average Bonchev–Trinajstić information content (AvgIpc) is 3.64. The van der Waals surface area contributed by atoms with Crippen molar-refractivity contribution in [3.8, 4) is 0 Å². The van der Waals surface area contributed by atoms with Crippen LogP contribution in [0.3, 0.4) is 0 Å². The van der Waals surface area contributed by atoms with Gasteiger partial charge in [0, 0.05) is 13.1 Å². The summed E-state index contributed by atoms with van der Waals surface area (Å²) in [6.45, 7) is 1.29. The quantitative estimate of drug-likeness (QED) is 0.346. The molecule has 9 heteroatoms. The van der Waals surface area contributed by atoms with E-state index in [1.807, 2.05) is 35.2 Å². The number of carbonyl (C=O) groups excluding carboxylic acids is 3. The molecule has 2 aliphatic rings. The Hall–Kier alpha value is -3.49. The van der Waals surface area contributed by atoms with Crippen LogP contribution in [0, 0.1) is 5.41 Å². The Labute approximate surface area is 197 Å². The molecule has 1 saturated carbocycles. The number of ether oxygens (including phenoxy) is 3. The van der Waals surface area contributed by atoms with Crippen LogP contribution in [-0.2, 0) is 36.1 Å². The summed E-state index contributed by atoms with van der Waals surface area (Å²) in [5, 5.41) is 0. The second kappa shape index (κ2) is 9.40. The van der Waals surface area contributed by atoms with Gasteiger partial charge in [-0.05, 0) is 48.8 Å².